The molecule has 5 heteroatoms. The van der Waals surface area contributed by atoms with Gasteiger partial charge in [-0.05, 0) is 37.1 Å². The van der Waals surface area contributed by atoms with Crippen LogP contribution < -0.4 is 0 Å². The second kappa shape index (κ2) is 6.66. The minimum absolute atomic E-state index is 0.0695. The van der Waals surface area contributed by atoms with Crippen LogP contribution in [-0.2, 0) is 16.1 Å². The van der Waals surface area contributed by atoms with Crippen LogP contribution in [0, 0.1) is 0 Å². The van der Waals surface area contributed by atoms with E-state index in [1.807, 2.05) is 0 Å². The number of hydrogen-bond donors (Lipinski definition) is 1. The van der Waals surface area contributed by atoms with Gasteiger partial charge in [0.15, 0.2) is 0 Å². The zero-order valence-electron chi connectivity index (χ0n) is 10.3. The quantitative estimate of drug-likeness (QED) is 0.669. The number of carbonyl (C=O) groups is 2. The van der Waals surface area contributed by atoms with E-state index in [1.54, 1.807) is 25.1 Å². The summed E-state index contributed by atoms with van der Waals surface area (Å²) in [6, 6.07) is 4.84. The molecule has 18 heavy (non-hydrogen) atoms. The summed E-state index contributed by atoms with van der Waals surface area (Å²) in [4.78, 5) is 22.5. The van der Waals surface area contributed by atoms with E-state index in [0.717, 1.165) is 0 Å². The van der Waals surface area contributed by atoms with Crippen molar-refractivity contribution < 1.29 is 19.4 Å². The van der Waals surface area contributed by atoms with Gasteiger partial charge < -0.3 is 9.84 Å². The van der Waals surface area contributed by atoms with Crippen molar-refractivity contribution in [1.82, 2.24) is 0 Å². The Morgan fingerprint density at radius 3 is 2.56 bits per heavy atom. The van der Waals surface area contributed by atoms with E-state index >= 15 is 0 Å². The third-order valence-electron chi connectivity index (χ3n) is 2.36. The SMILES string of the molecule is CCOC(=O)c1cc(CO)cc(C(Br)C(C)=O)c1. The summed E-state index contributed by atoms with van der Waals surface area (Å²) < 4.78 is 4.90. The normalized spacial score (nSPS) is 12.0. The average Bonchev–Trinajstić information content (AvgIpc) is 2.37. The third-order valence-corrected chi connectivity index (χ3v) is 3.53. The fourth-order valence-electron chi connectivity index (χ4n) is 1.52. The van der Waals surface area contributed by atoms with E-state index in [9.17, 15) is 9.59 Å². The van der Waals surface area contributed by atoms with Crippen LogP contribution in [0.2, 0.25) is 0 Å². The summed E-state index contributed by atoms with van der Waals surface area (Å²) in [5, 5.41) is 9.17. The summed E-state index contributed by atoms with van der Waals surface area (Å²) >= 11 is 3.25. The van der Waals surface area contributed by atoms with Crippen molar-refractivity contribution in [3.63, 3.8) is 0 Å². The maximum atomic E-state index is 11.7. The van der Waals surface area contributed by atoms with E-state index in [4.69, 9.17) is 9.84 Å². The van der Waals surface area contributed by atoms with Crippen LogP contribution in [0.15, 0.2) is 18.2 Å². The summed E-state index contributed by atoms with van der Waals surface area (Å²) in [7, 11) is 0. The molecule has 0 radical (unpaired) electrons. The minimum atomic E-state index is -0.489. The number of halogens is 1. The first-order valence-corrected chi connectivity index (χ1v) is 6.47. The van der Waals surface area contributed by atoms with Crippen molar-refractivity contribution >= 4 is 27.7 Å². The van der Waals surface area contributed by atoms with Gasteiger partial charge in [0.1, 0.15) is 5.78 Å². The van der Waals surface area contributed by atoms with Gasteiger partial charge in [0, 0.05) is 0 Å². The molecule has 0 aromatic heterocycles. The van der Waals surface area contributed by atoms with E-state index < -0.39 is 10.8 Å². The van der Waals surface area contributed by atoms with Crippen LogP contribution in [0.1, 0.15) is 40.2 Å². The molecule has 0 amide bonds. The number of Topliss-reactive ketones (excluding diaryl/α,β-unsaturated/α-hetero) is 1. The molecule has 0 fully saturated rings. The predicted molar refractivity (Wildman–Crippen MR) is 70.7 cm³/mol. The first kappa shape index (κ1) is 14.9. The lowest BCUT2D eigenvalue weighted by Crippen LogP contribution is -2.08. The van der Waals surface area contributed by atoms with Gasteiger partial charge in [0.25, 0.3) is 0 Å². The van der Waals surface area contributed by atoms with E-state index in [0.29, 0.717) is 16.7 Å². The van der Waals surface area contributed by atoms with Gasteiger partial charge in [-0.15, -0.1) is 0 Å². The maximum Gasteiger partial charge on any atom is 0.338 e. The fraction of sp³-hybridized carbons (Fsp3) is 0.385. The van der Waals surface area contributed by atoms with Gasteiger partial charge >= 0.3 is 5.97 Å². The molecule has 1 N–H and O–H groups in total. The highest BCUT2D eigenvalue weighted by atomic mass is 79.9. The topological polar surface area (TPSA) is 63.6 Å². The number of hydrogen-bond acceptors (Lipinski definition) is 4. The Labute approximate surface area is 114 Å². The van der Waals surface area contributed by atoms with Crippen LogP contribution in [0.25, 0.3) is 0 Å². The molecule has 0 aliphatic rings. The molecule has 1 aromatic carbocycles. The molecule has 98 valence electrons. The van der Waals surface area contributed by atoms with Crippen LogP contribution >= 0.6 is 15.9 Å². The second-order valence-electron chi connectivity index (χ2n) is 3.82. The molecule has 1 aromatic rings. The Morgan fingerprint density at radius 1 is 1.39 bits per heavy atom. The molecule has 1 atom stereocenters. The van der Waals surface area contributed by atoms with Crippen molar-refractivity contribution in [1.29, 1.82) is 0 Å². The second-order valence-corrected chi connectivity index (χ2v) is 4.73. The first-order chi connectivity index (χ1) is 8.49. The van der Waals surface area contributed by atoms with E-state index in [-0.39, 0.29) is 19.0 Å². The summed E-state index contributed by atoms with van der Waals surface area (Å²) in [5.74, 6) is -0.530. The fourth-order valence-corrected chi connectivity index (χ4v) is 1.79. The van der Waals surface area contributed by atoms with Gasteiger partial charge in [0.05, 0.1) is 23.6 Å². The Kier molecular flexibility index (Phi) is 5.50. The lowest BCUT2D eigenvalue weighted by Gasteiger charge is -2.11. The smallest absolute Gasteiger partial charge is 0.338 e. The highest BCUT2D eigenvalue weighted by molar-refractivity contribution is 9.09. The maximum absolute atomic E-state index is 11.7. The molecular formula is C13H15BrO4. The predicted octanol–water partition coefficient (Wildman–Crippen LogP) is 2.38. The first-order valence-electron chi connectivity index (χ1n) is 5.56. The molecule has 0 heterocycles. The number of ketones is 1. The third kappa shape index (κ3) is 3.65. The summed E-state index contributed by atoms with van der Waals surface area (Å²) in [5.41, 5.74) is 1.54. The standard InChI is InChI=1S/C13H15BrO4/c1-3-18-13(17)11-5-9(7-15)4-10(6-11)12(14)8(2)16/h4-6,12,15H,3,7H2,1-2H3. The number of rotatable bonds is 5. The zero-order valence-corrected chi connectivity index (χ0v) is 11.9. The lowest BCUT2D eigenvalue weighted by molar-refractivity contribution is -0.116. The van der Waals surface area contributed by atoms with E-state index in [1.165, 1.54) is 6.92 Å². The molecule has 0 aliphatic carbocycles. The average molecular weight is 315 g/mol. The minimum Gasteiger partial charge on any atom is -0.462 e. The van der Waals surface area contributed by atoms with Crippen molar-refractivity contribution in [2.75, 3.05) is 6.61 Å². The monoisotopic (exact) mass is 314 g/mol. The molecule has 0 aliphatic heterocycles. The van der Waals surface area contributed by atoms with Crippen LogP contribution in [0.4, 0.5) is 0 Å². The Balaban J connectivity index is 3.16. The number of aliphatic hydroxyl groups is 1. The Hall–Kier alpha value is -1.20. The van der Waals surface area contributed by atoms with Gasteiger partial charge in [-0.1, -0.05) is 22.0 Å². The van der Waals surface area contributed by atoms with Gasteiger partial charge in [-0.25, -0.2) is 4.79 Å². The highest BCUT2D eigenvalue weighted by Gasteiger charge is 2.16. The largest absolute Gasteiger partial charge is 0.462 e. The number of alkyl halides is 1. The van der Waals surface area contributed by atoms with Crippen LogP contribution in [0.3, 0.4) is 0 Å². The van der Waals surface area contributed by atoms with E-state index in [2.05, 4.69) is 15.9 Å². The number of carbonyl (C=O) groups excluding carboxylic acids is 2. The van der Waals surface area contributed by atoms with Crippen molar-refractivity contribution in [3.8, 4) is 0 Å². The lowest BCUT2D eigenvalue weighted by atomic mass is 10.0. The van der Waals surface area contributed by atoms with Crippen LogP contribution in [0.5, 0.6) is 0 Å². The van der Waals surface area contributed by atoms with Gasteiger partial charge in [-0.3, -0.25) is 4.79 Å². The molecule has 1 unspecified atom stereocenters. The zero-order chi connectivity index (χ0) is 13.7. The Morgan fingerprint density at radius 2 is 2.06 bits per heavy atom. The molecule has 1 rings (SSSR count). The molecule has 0 saturated carbocycles. The number of esters is 1. The van der Waals surface area contributed by atoms with Crippen molar-refractivity contribution in [3.05, 3.63) is 34.9 Å². The Bertz CT molecular complexity index is 456. The number of ether oxygens (including phenoxy) is 1. The van der Waals surface area contributed by atoms with Crippen molar-refractivity contribution in [2.24, 2.45) is 0 Å². The highest BCUT2D eigenvalue weighted by Crippen LogP contribution is 2.26. The summed E-state index contributed by atoms with van der Waals surface area (Å²) in [6.07, 6.45) is 0. The molecular weight excluding hydrogens is 300 g/mol. The molecule has 0 saturated heterocycles. The number of aliphatic hydroxyl groups excluding tert-OH is 1. The number of benzene rings is 1. The summed E-state index contributed by atoms with van der Waals surface area (Å²) in [6.45, 7) is 3.26. The molecule has 0 bridgehead atoms. The van der Waals surface area contributed by atoms with Gasteiger partial charge in [0.2, 0.25) is 0 Å². The molecule has 4 nitrogen and oxygen atoms in total. The van der Waals surface area contributed by atoms with Crippen molar-refractivity contribution in [2.45, 2.75) is 25.3 Å². The van der Waals surface area contributed by atoms with Crippen LogP contribution in [-0.4, -0.2) is 23.5 Å². The van der Waals surface area contributed by atoms with Gasteiger partial charge in [-0.2, -0.15) is 0 Å². The molecule has 0 spiro atoms.